The molecule has 4 amide bonds. The van der Waals surface area contributed by atoms with E-state index < -0.39 is 0 Å². The van der Waals surface area contributed by atoms with Crippen molar-refractivity contribution in [1.29, 1.82) is 0 Å². The molecule has 18 rings (SSSR count). The van der Waals surface area contributed by atoms with E-state index in [9.17, 15) is 19.2 Å². The van der Waals surface area contributed by atoms with Gasteiger partial charge in [-0.25, -0.2) is 38.0 Å². The molecule has 0 aromatic carbocycles. The number of thiophene rings is 4. The lowest BCUT2D eigenvalue weighted by atomic mass is 10.00. The lowest BCUT2D eigenvalue weighted by molar-refractivity contribution is 0.0665. The van der Waals surface area contributed by atoms with Gasteiger partial charge in [-0.15, -0.1) is 45.3 Å². The van der Waals surface area contributed by atoms with Crippen LogP contribution in [0.5, 0.6) is 0 Å². The summed E-state index contributed by atoms with van der Waals surface area (Å²) < 4.78 is 10.3. The molecule has 0 N–H and O–H groups in total. The Morgan fingerprint density at radius 2 is 0.650 bits per heavy atom. The van der Waals surface area contributed by atoms with Crippen molar-refractivity contribution in [1.82, 2.24) is 78.0 Å². The lowest BCUT2D eigenvalue weighted by Crippen LogP contribution is -2.38. The van der Waals surface area contributed by atoms with E-state index in [0.717, 1.165) is 143 Å². The minimum absolute atomic E-state index is 0.00567. The molecule has 2 fully saturated rings. The maximum atomic E-state index is 13.3. The Morgan fingerprint density at radius 1 is 0.400 bits per heavy atom. The third-order valence-corrected chi connectivity index (χ3v) is 26.3. The third kappa shape index (κ3) is 12.9. The number of carbonyl (C=O) groups is 4. The molecule has 12 aromatic rings. The van der Waals surface area contributed by atoms with Crippen LogP contribution in [0.2, 0.25) is 0 Å². The zero-order valence-corrected chi connectivity index (χ0v) is 66.0. The molecule has 4 aliphatic heterocycles. The van der Waals surface area contributed by atoms with Crippen molar-refractivity contribution in [3.8, 4) is 0 Å². The first-order chi connectivity index (χ1) is 48.1. The maximum absolute atomic E-state index is 13.3. The number of halogens is 4. The van der Waals surface area contributed by atoms with Crippen LogP contribution in [0, 0.1) is 0 Å². The van der Waals surface area contributed by atoms with Crippen LogP contribution in [0.15, 0.2) is 113 Å². The van der Waals surface area contributed by atoms with Crippen molar-refractivity contribution >= 4 is 155 Å². The third-order valence-electron chi connectivity index (χ3n) is 20.7. The molecule has 516 valence electrons. The highest BCUT2D eigenvalue weighted by atomic mass is 79.9. The largest absolute Gasteiger partial charge is 0.330 e. The fourth-order valence-electron chi connectivity index (χ4n) is 14.3. The van der Waals surface area contributed by atoms with Gasteiger partial charge < -0.3 is 19.6 Å². The van der Waals surface area contributed by atoms with Crippen LogP contribution in [0.4, 0.5) is 0 Å². The summed E-state index contributed by atoms with van der Waals surface area (Å²) in [5.74, 6) is 0.0158. The van der Waals surface area contributed by atoms with Gasteiger partial charge in [0, 0.05) is 92.2 Å². The minimum Gasteiger partial charge on any atom is -0.330 e. The second-order valence-corrected chi connectivity index (χ2v) is 34.2. The Labute approximate surface area is 627 Å². The molecule has 0 radical (unpaired) electrons. The fourth-order valence-corrected chi connectivity index (χ4v) is 19.6. The number of aromatic nitrogens is 12. The molecule has 4 atom stereocenters. The van der Waals surface area contributed by atoms with E-state index in [1.54, 1.807) is 54.4 Å². The van der Waals surface area contributed by atoms with Crippen molar-refractivity contribution in [2.45, 2.75) is 155 Å². The van der Waals surface area contributed by atoms with E-state index in [0.29, 0.717) is 34.1 Å². The van der Waals surface area contributed by atoms with Crippen LogP contribution in [0.1, 0.15) is 212 Å². The smallest absolute Gasteiger partial charge is 0.273 e. The summed E-state index contributed by atoms with van der Waals surface area (Å²) in [5.41, 5.74) is 14.3. The normalized spacial score (nSPS) is 19.2. The molecular formula is C72H72Br4N16O4S4. The molecule has 12 aromatic heterocycles. The van der Waals surface area contributed by atoms with Crippen LogP contribution >= 0.6 is 109 Å². The number of hydrogen-bond acceptors (Lipinski definition) is 16. The summed E-state index contributed by atoms with van der Waals surface area (Å²) in [6.07, 6.45) is 9.75. The Bertz CT molecular complexity index is 4890. The summed E-state index contributed by atoms with van der Waals surface area (Å²) >= 11 is 20.8. The van der Waals surface area contributed by atoms with Crippen LogP contribution < -0.4 is 0 Å². The van der Waals surface area contributed by atoms with Gasteiger partial charge >= 0.3 is 0 Å². The molecule has 28 heteroatoms. The highest BCUT2D eigenvalue weighted by Crippen LogP contribution is 2.49. The van der Waals surface area contributed by atoms with E-state index in [4.69, 9.17) is 0 Å². The van der Waals surface area contributed by atoms with Crippen molar-refractivity contribution < 1.29 is 19.2 Å². The van der Waals surface area contributed by atoms with Gasteiger partial charge in [-0.2, -0.15) is 20.4 Å². The van der Waals surface area contributed by atoms with Crippen LogP contribution in [0.3, 0.4) is 0 Å². The van der Waals surface area contributed by atoms with Gasteiger partial charge in [-0.1, -0.05) is 27.7 Å². The van der Waals surface area contributed by atoms with Gasteiger partial charge in [0.05, 0.1) is 35.6 Å². The van der Waals surface area contributed by atoms with Gasteiger partial charge in [0.1, 0.15) is 41.2 Å². The van der Waals surface area contributed by atoms with Crippen LogP contribution in [-0.2, 0) is 49.4 Å². The SMILES string of the molecule is CC1c2ccsc2CCN1C(=O)c1cc(C2(C)CC2)n2nc(Br)cc2n1.CCc1cc(C(=O)N2CCc3sccc3C2C)nc2cc(Br)nn12.CCc1cc(C(=O)N2CCc3sccc3[C@H]2C)nc2cc(Br)nn12.C[C@@H]1c2ccsc2CCN1C(=O)c1cc(C2(C)CC2)n2nc(Br)cc2n1. The molecule has 16 heterocycles. The van der Waals surface area contributed by atoms with Gasteiger partial charge in [0.2, 0.25) is 0 Å². The zero-order chi connectivity index (χ0) is 69.8. The number of nitrogens with zero attached hydrogens (tertiary/aromatic N) is 16. The monoisotopic (exact) mass is 1670 g/mol. The second kappa shape index (κ2) is 27.4. The Balaban J connectivity index is 0.000000108. The van der Waals surface area contributed by atoms with Gasteiger partial charge in [-0.05, 0) is 248 Å². The van der Waals surface area contributed by atoms with Crippen LogP contribution in [0.25, 0.3) is 22.6 Å². The lowest BCUT2D eigenvalue weighted by Gasteiger charge is -2.33. The summed E-state index contributed by atoms with van der Waals surface area (Å²) in [4.78, 5) is 84.5. The molecule has 20 nitrogen and oxygen atoms in total. The molecule has 2 aliphatic carbocycles. The quantitative estimate of drug-likeness (QED) is 0.139. The number of aryl methyl sites for hydroxylation is 2. The van der Waals surface area contributed by atoms with Gasteiger partial charge in [0.15, 0.2) is 22.6 Å². The molecule has 0 spiro atoms. The Kier molecular flexibility index (Phi) is 18.8. The Morgan fingerprint density at radius 3 is 0.910 bits per heavy atom. The molecular weight excluding hydrogens is 1600 g/mol. The summed E-state index contributed by atoms with van der Waals surface area (Å²) in [6, 6.07) is 24.0. The minimum atomic E-state index is -0.00567. The molecule has 6 aliphatic rings. The number of carbonyl (C=O) groups excluding carboxylic acids is 4. The first-order valence-electron chi connectivity index (χ1n) is 33.8. The predicted octanol–water partition coefficient (Wildman–Crippen LogP) is 16.5. The number of hydrogen-bond donors (Lipinski definition) is 0. The number of amides is 4. The average Bonchev–Trinajstić information content (AvgIpc) is 1.59. The summed E-state index contributed by atoms with van der Waals surface area (Å²) in [5, 5.41) is 26.3. The van der Waals surface area contributed by atoms with E-state index >= 15 is 0 Å². The van der Waals surface area contributed by atoms with Crippen molar-refractivity contribution in [3.63, 3.8) is 0 Å². The fraction of sp³-hybridized carbons (Fsp3) is 0.389. The van der Waals surface area contributed by atoms with E-state index in [1.807, 2.05) is 77.2 Å². The van der Waals surface area contributed by atoms with Crippen molar-refractivity contribution in [2.24, 2.45) is 0 Å². The van der Waals surface area contributed by atoms with Crippen molar-refractivity contribution in [3.05, 3.63) is 200 Å². The summed E-state index contributed by atoms with van der Waals surface area (Å²) in [7, 11) is 0. The molecule has 100 heavy (non-hydrogen) atoms. The highest BCUT2D eigenvalue weighted by Gasteiger charge is 2.44. The van der Waals surface area contributed by atoms with E-state index in [1.165, 1.54) is 41.8 Å². The van der Waals surface area contributed by atoms with Crippen LogP contribution in [-0.4, -0.2) is 128 Å². The first kappa shape index (κ1) is 68.8. The van der Waals surface area contributed by atoms with E-state index in [2.05, 4.69) is 205 Å². The number of rotatable bonds is 8. The van der Waals surface area contributed by atoms with E-state index in [-0.39, 0.29) is 58.6 Å². The molecule has 0 saturated heterocycles. The first-order valence-corrected chi connectivity index (χ1v) is 40.5. The molecule has 2 unspecified atom stereocenters. The van der Waals surface area contributed by atoms with Crippen molar-refractivity contribution in [2.75, 3.05) is 26.2 Å². The topological polar surface area (TPSA) is 202 Å². The van der Waals surface area contributed by atoms with Gasteiger partial charge in [-0.3, -0.25) is 19.2 Å². The second-order valence-electron chi connectivity index (χ2n) is 27.0. The Hall–Kier alpha value is -6.92. The molecule has 0 bridgehead atoms. The number of fused-ring (bicyclic) bond motifs is 8. The highest BCUT2D eigenvalue weighted by molar-refractivity contribution is 9.11. The predicted molar refractivity (Wildman–Crippen MR) is 405 cm³/mol. The molecule has 2 saturated carbocycles. The zero-order valence-electron chi connectivity index (χ0n) is 56.4. The van der Waals surface area contributed by atoms with Gasteiger partial charge in [0.25, 0.3) is 23.6 Å². The maximum Gasteiger partial charge on any atom is 0.273 e. The standard InChI is InChI=1S/2C19H19BrN4OS.2C17H17BrN4OS/c2*1-11-12-4-8-26-14(12)3-7-23(11)18(25)13-9-15(19(2)5-6-19)24-17(21-13)10-16(20)22-24;2*1-3-11-8-13(19-16-9-15(18)20-22(11)16)17(23)21-6-4-14-12(10(21)2)5-7-24-14/h2*4,8-11H,3,5-7H2,1-2H3;2*5,7-10H,3-4,6H2,1-2H3/t11-;;10-;/m1.1./s1. The average molecular weight is 1670 g/mol. The summed E-state index contributed by atoms with van der Waals surface area (Å²) in [6.45, 7) is 20.0.